The zero-order chi connectivity index (χ0) is 25.4. The fraction of sp³-hybridized carbons (Fsp3) is 0.278. The summed E-state index contributed by atoms with van der Waals surface area (Å²) in [7, 11) is -4.51. The highest BCUT2D eigenvalue weighted by molar-refractivity contribution is 7.91. The van der Waals surface area contributed by atoms with Gasteiger partial charge in [0.2, 0.25) is 0 Å². The van der Waals surface area contributed by atoms with Crippen molar-refractivity contribution in [1.29, 1.82) is 0 Å². The molecule has 0 saturated heterocycles. The lowest BCUT2D eigenvalue weighted by Crippen LogP contribution is -2.45. The van der Waals surface area contributed by atoms with Crippen molar-refractivity contribution in [3.63, 3.8) is 0 Å². The lowest BCUT2D eigenvalue weighted by Gasteiger charge is -2.22. The molecule has 0 radical (unpaired) electrons. The number of nitro groups is 1. The van der Waals surface area contributed by atoms with Crippen molar-refractivity contribution < 1.29 is 49.6 Å². The average molecular weight is 500 g/mol. The highest BCUT2D eigenvalue weighted by Gasteiger charge is 2.40. The molecule has 1 atom stereocenters. The molecule has 1 amide bonds. The molecule has 0 aliphatic heterocycles. The minimum Gasteiger partial charge on any atom is -0.379 e. The summed E-state index contributed by atoms with van der Waals surface area (Å²) < 4.78 is 102. The Hall–Kier alpha value is -3.20. The third-order valence-corrected chi connectivity index (χ3v) is 6.19. The van der Waals surface area contributed by atoms with Crippen LogP contribution in [0.5, 0.6) is 0 Å². The van der Waals surface area contributed by atoms with Gasteiger partial charge in [-0.1, -0.05) is 0 Å². The lowest BCUT2D eigenvalue weighted by atomic mass is 10.1. The van der Waals surface area contributed by atoms with E-state index < -0.39 is 71.8 Å². The second kappa shape index (κ2) is 8.62. The summed E-state index contributed by atoms with van der Waals surface area (Å²) in [5.74, 6) is -2.80. The average Bonchev–Trinajstić information content (AvgIpc) is 2.65. The van der Waals surface area contributed by atoms with E-state index in [1.54, 1.807) is 0 Å². The van der Waals surface area contributed by atoms with E-state index in [1.165, 1.54) is 0 Å². The van der Waals surface area contributed by atoms with Crippen LogP contribution >= 0.6 is 0 Å². The maximum absolute atomic E-state index is 13.1. The van der Waals surface area contributed by atoms with Crippen molar-refractivity contribution in [2.24, 2.45) is 0 Å². The molecule has 180 valence electrons. The predicted octanol–water partition coefficient (Wildman–Crippen LogP) is 3.80. The number of hydrogen-bond acceptors (Lipinski definition) is 6. The standard InChI is InChI=1S/C18H14F6N2O6S/c1-16(28,9-33(31,32)12-5-2-10(3-6-12)17(19,20)21)15(27)25-11-4-7-14(26(29)30)13(8-11)18(22,23)24/h2-8,28H,9H2,1H3,(H,25,27). The number of aliphatic hydroxyl groups is 1. The van der Waals surface area contributed by atoms with Gasteiger partial charge in [0.15, 0.2) is 15.4 Å². The fourth-order valence-corrected chi connectivity index (χ4v) is 4.22. The molecule has 0 spiro atoms. The Labute approximate surface area is 181 Å². The number of nitro benzene ring substituents is 1. The van der Waals surface area contributed by atoms with Gasteiger partial charge >= 0.3 is 12.4 Å². The number of halogens is 6. The van der Waals surface area contributed by atoms with E-state index in [0.29, 0.717) is 30.3 Å². The van der Waals surface area contributed by atoms with Crippen molar-refractivity contribution in [1.82, 2.24) is 0 Å². The van der Waals surface area contributed by atoms with E-state index in [-0.39, 0.29) is 6.07 Å². The smallest absolute Gasteiger partial charge is 0.379 e. The predicted molar refractivity (Wildman–Crippen MR) is 101 cm³/mol. The Morgan fingerprint density at radius 2 is 1.58 bits per heavy atom. The molecule has 8 nitrogen and oxygen atoms in total. The summed E-state index contributed by atoms with van der Waals surface area (Å²) in [6.07, 6.45) is -9.88. The molecule has 33 heavy (non-hydrogen) atoms. The van der Waals surface area contributed by atoms with Gasteiger partial charge in [-0.15, -0.1) is 0 Å². The minimum absolute atomic E-state index is 0.233. The Bertz CT molecular complexity index is 1170. The van der Waals surface area contributed by atoms with Gasteiger partial charge in [0.25, 0.3) is 11.6 Å². The number of hydrogen-bond donors (Lipinski definition) is 2. The molecule has 0 bridgehead atoms. The zero-order valence-electron chi connectivity index (χ0n) is 16.4. The summed E-state index contributed by atoms with van der Waals surface area (Å²) in [6.45, 7) is 0.722. The van der Waals surface area contributed by atoms with Gasteiger partial charge < -0.3 is 10.4 Å². The summed E-state index contributed by atoms with van der Waals surface area (Å²) in [5.41, 5.74) is -7.48. The van der Waals surface area contributed by atoms with Gasteiger partial charge in [0.05, 0.1) is 21.1 Å². The minimum atomic E-state index is -5.16. The first-order chi connectivity index (χ1) is 14.8. The Morgan fingerprint density at radius 3 is 2.03 bits per heavy atom. The molecule has 0 aliphatic carbocycles. The summed E-state index contributed by atoms with van der Waals surface area (Å²) in [4.78, 5) is 21.2. The molecule has 0 heterocycles. The van der Waals surface area contributed by atoms with Crippen LogP contribution in [-0.2, 0) is 27.0 Å². The van der Waals surface area contributed by atoms with Crippen LogP contribution in [0, 0.1) is 10.1 Å². The molecular weight excluding hydrogens is 486 g/mol. The van der Waals surface area contributed by atoms with Crippen LogP contribution in [0.25, 0.3) is 0 Å². The molecule has 15 heteroatoms. The number of anilines is 1. The third-order valence-electron chi connectivity index (χ3n) is 4.26. The number of carbonyl (C=O) groups excluding carboxylic acids is 1. The molecule has 2 N–H and O–H groups in total. The van der Waals surface area contributed by atoms with Crippen LogP contribution in [0.3, 0.4) is 0 Å². The van der Waals surface area contributed by atoms with Crippen LogP contribution in [0.4, 0.5) is 37.7 Å². The highest BCUT2D eigenvalue weighted by atomic mass is 32.2. The van der Waals surface area contributed by atoms with E-state index >= 15 is 0 Å². The van der Waals surface area contributed by atoms with Crippen LogP contribution in [0.15, 0.2) is 47.4 Å². The molecular formula is C18H14F6N2O6S. The normalized spacial score (nSPS) is 14.4. The Balaban J connectivity index is 2.27. The SMILES string of the molecule is CC(O)(CS(=O)(=O)c1ccc(C(F)(F)F)cc1)C(=O)Nc1ccc([N+](=O)[O-])c(C(F)(F)F)c1. The van der Waals surface area contributed by atoms with Crippen LogP contribution < -0.4 is 5.32 Å². The first kappa shape index (κ1) is 26.1. The van der Waals surface area contributed by atoms with E-state index in [0.717, 1.165) is 13.0 Å². The number of amides is 1. The van der Waals surface area contributed by atoms with Crippen molar-refractivity contribution in [3.8, 4) is 0 Å². The molecule has 0 fully saturated rings. The molecule has 2 rings (SSSR count). The number of nitrogens with one attached hydrogen (secondary N) is 1. The molecule has 0 aliphatic rings. The number of rotatable bonds is 6. The molecule has 0 saturated carbocycles. The largest absolute Gasteiger partial charge is 0.423 e. The number of carbonyl (C=O) groups is 1. The topological polar surface area (TPSA) is 127 Å². The summed E-state index contributed by atoms with van der Waals surface area (Å²) in [6, 6.07) is 3.65. The Kier molecular flexibility index (Phi) is 6.81. The maximum atomic E-state index is 13.1. The van der Waals surface area contributed by atoms with Gasteiger partial charge in [-0.25, -0.2) is 8.42 Å². The zero-order valence-corrected chi connectivity index (χ0v) is 17.2. The molecule has 2 aromatic rings. The summed E-state index contributed by atoms with van der Waals surface area (Å²) in [5, 5.41) is 22.9. The van der Waals surface area contributed by atoms with E-state index in [1.807, 2.05) is 5.32 Å². The monoisotopic (exact) mass is 500 g/mol. The molecule has 0 aromatic heterocycles. The number of alkyl halides is 6. The second-order valence-corrected chi connectivity index (χ2v) is 8.99. The quantitative estimate of drug-likeness (QED) is 0.353. The van der Waals surface area contributed by atoms with Crippen molar-refractivity contribution in [2.75, 3.05) is 11.1 Å². The lowest BCUT2D eigenvalue weighted by molar-refractivity contribution is -0.388. The third kappa shape index (κ3) is 6.19. The Morgan fingerprint density at radius 1 is 1.03 bits per heavy atom. The van der Waals surface area contributed by atoms with Crippen molar-refractivity contribution in [2.45, 2.75) is 29.8 Å². The fourth-order valence-electron chi connectivity index (χ4n) is 2.64. The molecule has 1 unspecified atom stereocenters. The maximum Gasteiger partial charge on any atom is 0.423 e. The van der Waals surface area contributed by atoms with Gasteiger partial charge in [0.1, 0.15) is 5.56 Å². The van der Waals surface area contributed by atoms with Gasteiger partial charge in [-0.05, 0) is 43.3 Å². The second-order valence-electron chi connectivity index (χ2n) is 7.00. The number of benzene rings is 2. The van der Waals surface area contributed by atoms with Crippen molar-refractivity contribution >= 4 is 27.1 Å². The number of nitrogens with zero attached hydrogens (tertiary/aromatic N) is 1. The van der Waals surface area contributed by atoms with Crippen LogP contribution in [0.2, 0.25) is 0 Å². The van der Waals surface area contributed by atoms with E-state index in [4.69, 9.17) is 0 Å². The van der Waals surface area contributed by atoms with Crippen LogP contribution in [-0.4, -0.2) is 35.7 Å². The van der Waals surface area contributed by atoms with Gasteiger partial charge in [-0.2, -0.15) is 26.3 Å². The van der Waals surface area contributed by atoms with E-state index in [2.05, 4.69) is 0 Å². The van der Waals surface area contributed by atoms with Crippen LogP contribution in [0.1, 0.15) is 18.1 Å². The summed E-state index contributed by atoms with van der Waals surface area (Å²) >= 11 is 0. The number of sulfone groups is 1. The van der Waals surface area contributed by atoms with Crippen molar-refractivity contribution in [3.05, 3.63) is 63.7 Å². The first-order valence-corrected chi connectivity index (χ1v) is 10.3. The van der Waals surface area contributed by atoms with E-state index in [9.17, 15) is 54.8 Å². The molecule has 2 aromatic carbocycles. The highest BCUT2D eigenvalue weighted by Crippen LogP contribution is 2.37. The first-order valence-electron chi connectivity index (χ1n) is 8.64. The van der Waals surface area contributed by atoms with Gasteiger partial charge in [0, 0.05) is 11.8 Å². The van der Waals surface area contributed by atoms with Gasteiger partial charge in [-0.3, -0.25) is 14.9 Å².